The van der Waals surface area contributed by atoms with Crippen LogP contribution in [0.4, 0.5) is 10.1 Å². The van der Waals surface area contributed by atoms with Gasteiger partial charge in [0.2, 0.25) is 0 Å². The van der Waals surface area contributed by atoms with Gasteiger partial charge in [-0.3, -0.25) is 9.48 Å². The number of hydrogen-bond acceptors (Lipinski definition) is 5. The third kappa shape index (κ3) is 4.81. The van der Waals surface area contributed by atoms with Crippen molar-refractivity contribution in [1.29, 1.82) is 0 Å². The summed E-state index contributed by atoms with van der Waals surface area (Å²) in [6, 6.07) is 10.2. The summed E-state index contributed by atoms with van der Waals surface area (Å²) in [6.07, 6.45) is 3.03. The minimum Gasteiger partial charge on any atom is -0.491 e. The number of anilines is 1. The minimum absolute atomic E-state index is 0.0491. The maximum absolute atomic E-state index is 13.2. The lowest BCUT2D eigenvalue weighted by Crippen LogP contribution is -2.15. The molecule has 0 unspecified atom stereocenters. The van der Waals surface area contributed by atoms with Gasteiger partial charge in [0, 0.05) is 28.7 Å². The van der Waals surface area contributed by atoms with Crippen LogP contribution < -0.4 is 15.7 Å². The van der Waals surface area contributed by atoms with E-state index in [1.165, 1.54) is 18.3 Å². The molecule has 0 atom stereocenters. The number of nitrogens with one attached hydrogen (secondary N) is 1. The summed E-state index contributed by atoms with van der Waals surface area (Å²) >= 11 is 6.06. The highest BCUT2D eigenvalue weighted by Crippen LogP contribution is 2.24. The Hall–Kier alpha value is -3.65. The average Bonchev–Trinajstić information content (AvgIpc) is 3.15. The summed E-state index contributed by atoms with van der Waals surface area (Å²) in [5.74, 6) is -0.372. The van der Waals surface area contributed by atoms with E-state index in [4.69, 9.17) is 20.8 Å². The first-order valence-electron chi connectivity index (χ1n) is 9.81. The Kier molecular flexibility index (Phi) is 5.96. The van der Waals surface area contributed by atoms with Gasteiger partial charge in [0.15, 0.2) is 0 Å². The number of hydrogen-bond donors (Lipinski definition) is 1. The standard InChI is InChI=1S/C23H19ClFN3O4/c1-13(2)31-17-5-6-18-19(9-22(29)32-21(18)8-17)23(30)27-16-10-26-28(12-16)11-14-3-4-15(25)7-20(14)24/h3-10,12-13H,11H2,1-2H3,(H,27,30). The van der Waals surface area contributed by atoms with Crippen molar-refractivity contribution in [2.75, 3.05) is 5.32 Å². The van der Waals surface area contributed by atoms with Gasteiger partial charge in [-0.25, -0.2) is 9.18 Å². The van der Waals surface area contributed by atoms with E-state index in [0.717, 1.165) is 6.07 Å². The Bertz CT molecular complexity index is 1360. The number of rotatable bonds is 6. The van der Waals surface area contributed by atoms with Crippen molar-refractivity contribution in [3.8, 4) is 5.75 Å². The molecule has 0 saturated carbocycles. The fourth-order valence-corrected chi connectivity index (χ4v) is 3.44. The van der Waals surface area contributed by atoms with Gasteiger partial charge in [-0.05, 0) is 43.7 Å². The van der Waals surface area contributed by atoms with Crippen molar-refractivity contribution >= 4 is 34.2 Å². The molecule has 4 rings (SSSR count). The number of fused-ring (bicyclic) bond motifs is 1. The zero-order valence-electron chi connectivity index (χ0n) is 17.3. The van der Waals surface area contributed by atoms with Crippen molar-refractivity contribution < 1.29 is 18.3 Å². The molecule has 2 aromatic carbocycles. The molecular weight excluding hydrogens is 437 g/mol. The smallest absolute Gasteiger partial charge is 0.337 e. The first kappa shape index (κ1) is 21.6. The van der Waals surface area contributed by atoms with Crippen LogP contribution in [0, 0.1) is 5.82 Å². The maximum Gasteiger partial charge on any atom is 0.337 e. The highest BCUT2D eigenvalue weighted by molar-refractivity contribution is 6.31. The summed E-state index contributed by atoms with van der Waals surface area (Å²) in [7, 11) is 0. The van der Waals surface area contributed by atoms with E-state index in [1.807, 2.05) is 13.8 Å². The van der Waals surface area contributed by atoms with Crippen LogP contribution in [0.5, 0.6) is 5.75 Å². The molecule has 4 aromatic rings. The van der Waals surface area contributed by atoms with Crippen molar-refractivity contribution in [3.63, 3.8) is 0 Å². The second kappa shape index (κ2) is 8.84. The molecule has 0 spiro atoms. The van der Waals surface area contributed by atoms with Gasteiger partial charge in [-0.1, -0.05) is 17.7 Å². The molecular formula is C23H19ClFN3O4. The molecule has 1 amide bonds. The topological polar surface area (TPSA) is 86.4 Å². The Morgan fingerprint density at radius 2 is 2.06 bits per heavy atom. The van der Waals surface area contributed by atoms with Gasteiger partial charge < -0.3 is 14.5 Å². The number of nitrogens with zero attached hydrogens (tertiary/aromatic N) is 2. The molecule has 1 N–H and O–H groups in total. The maximum atomic E-state index is 13.2. The molecule has 9 heteroatoms. The summed E-state index contributed by atoms with van der Waals surface area (Å²) in [5.41, 5.74) is 0.879. The lowest BCUT2D eigenvalue weighted by Gasteiger charge is -2.11. The van der Waals surface area contributed by atoms with E-state index in [9.17, 15) is 14.0 Å². The van der Waals surface area contributed by atoms with E-state index in [2.05, 4.69) is 10.4 Å². The first-order valence-corrected chi connectivity index (χ1v) is 10.2. The van der Waals surface area contributed by atoms with E-state index in [1.54, 1.807) is 35.1 Å². The summed E-state index contributed by atoms with van der Waals surface area (Å²) in [5, 5.41) is 7.68. The van der Waals surface area contributed by atoms with Gasteiger partial charge in [0.25, 0.3) is 5.91 Å². The average molecular weight is 456 g/mol. The summed E-state index contributed by atoms with van der Waals surface area (Å²) in [4.78, 5) is 24.9. The second-order valence-corrected chi connectivity index (χ2v) is 7.83. The van der Waals surface area contributed by atoms with Crippen LogP contribution >= 0.6 is 11.6 Å². The number of benzene rings is 2. The summed E-state index contributed by atoms with van der Waals surface area (Å²) < 4.78 is 25.6. The Labute approximate surface area is 187 Å². The van der Waals surface area contributed by atoms with Crippen LogP contribution in [0.15, 0.2) is 64.1 Å². The highest BCUT2D eigenvalue weighted by Gasteiger charge is 2.15. The number of carbonyl (C=O) groups excluding carboxylic acids is 1. The predicted octanol–water partition coefficient (Wildman–Crippen LogP) is 4.87. The molecule has 0 bridgehead atoms. The first-order chi connectivity index (χ1) is 15.3. The summed E-state index contributed by atoms with van der Waals surface area (Å²) in [6.45, 7) is 4.06. The predicted molar refractivity (Wildman–Crippen MR) is 119 cm³/mol. The minimum atomic E-state index is -0.647. The number of halogens is 2. The number of carbonyl (C=O) groups is 1. The van der Waals surface area contributed by atoms with E-state index in [0.29, 0.717) is 28.9 Å². The van der Waals surface area contributed by atoms with Crippen LogP contribution in [0.2, 0.25) is 5.02 Å². The molecule has 0 saturated heterocycles. The molecule has 2 aromatic heterocycles. The number of amides is 1. The molecule has 0 aliphatic heterocycles. The number of aromatic nitrogens is 2. The fraction of sp³-hybridized carbons (Fsp3) is 0.174. The lowest BCUT2D eigenvalue weighted by atomic mass is 10.1. The fourth-order valence-electron chi connectivity index (χ4n) is 3.21. The molecule has 32 heavy (non-hydrogen) atoms. The third-order valence-electron chi connectivity index (χ3n) is 4.57. The Morgan fingerprint density at radius 1 is 1.25 bits per heavy atom. The van der Waals surface area contributed by atoms with Crippen molar-refractivity contribution in [2.45, 2.75) is 26.5 Å². The Morgan fingerprint density at radius 3 is 2.81 bits per heavy atom. The van der Waals surface area contributed by atoms with Crippen LogP contribution in [-0.4, -0.2) is 21.8 Å². The van der Waals surface area contributed by atoms with Crippen molar-refractivity contribution in [1.82, 2.24) is 9.78 Å². The van der Waals surface area contributed by atoms with E-state index >= 15 is 0 Å². The highest BCUT2D eigenvalue weighted by atomic mass is 35.5. The lowest BCUT2D eigenvalue weighted by molar-refractivity contribution is 0.102. The molecule has 164 valence electrons. The second-order valence-electron chi connectivity index (χ2n) is 7.42. The third-order valence-corrected chi connectivity index (χ3v) is 4.92. The Balaban J connectivity index is 1.56. The number of ether oxygens (including phenoxy) is 1. The van der Waals surface area contributed by atoms with Crippen LogP contribution in [0.1, 0.15) is 29.8 Å². The van der Waals surface area contributed by atoms with E-state index in [-0.39, 0.29) is 22.3 Å². The molecule has 0 radical (unpaired) electrons. The normalized spacial score (nSPS) is 11.2. The van der Waals surface area contributed by atoms with Crippen molar-refractivity contribution in [2.24, 2.45) is 0 Å². The largest absolute Gasteiger partial charge is 0.491 e. The zero-order valence-corrected chi connectivity index (χ0v) is 18.0. The monoisotopic (exact) mass is 455 g/mol. The van der Waals surface area contributed by atoms with Gasteiger partial charge >= 0.3 is 5.63 Å². The molecule has 0 aliphatic carbocycles. The molecule has 0 fully saturated rings. The van der Waals surface area contributed by atoms with Crippen molar-refractivity contribution in [3.05, 3.63) is 87.2 Å². The SMILES string of the molecule is CC(C)Oc1ccc2c(C(=O)Nc3cnn(Cc4ccc(F)cc4Cl)c3)cc(=O)oc2c1. The van der Waals surface area contributed by atoms with Gasteiger partial charge in [0.1, 0.15) is 17.1 Å². The van der Waals surface area contributed by atoms with Crippen LogP contribution in [0.25, 0.3) is 11.0 Å². The molecule has 2 heterocycles. The zero-order chi connectivity index (χ0) is 22.8. The van der Waals surface area contributed by atoms with Gasteiger partial charge in [-0.2, -0.15) is 5.10 Å². The molecule has 7 nitrogen and oxygen atoms in total. The van der Waals surface area contributed by atoms with Crippen LogP contribution in [-0.2, 0) is 6.54 Å². The van der Waals surface area contributed by atoms with Gasteiger partial charge in [0.05, 0.1) is 30.1 Å². The van der Waals surface area contributed by atoms with Crippen LogP contribution in [0.3, 0.4) is 0 Å². The van der Waals surface area contributed by atoms with Gasteiger partial charge in [-0.15, -0.1) is 0 Å². The quantitative estimate of drug-likeness (QED) is 0.419. The van der Waals surface area contributed by atoms with E-state index < -0.39 is 17.3 Å². The molecule has 0 aliphatic rings.